The lowest BCUT2D eigenvalue weighted by Crippen LogP contribution is -2.37. The van der Waals surface area contributed by atoms with Crippen molar-refractivity contribution in [2.45, 2.75) is 32.5 Å². The van der Waals surface area contributed by atoms with Crippen molar-refractivity contribution in [3.8, 4) is 0 Å². The molecule has 1 aliphatic rings. The Kier molecular flexibility index (Phi) is 6.34. The van der Waals surface area contributed by atoms with Gasteiger partial charge in [-0.25, -0.2) is 4.79 Å². The second kappa shape index (κ2) is 9.05. The van der Waals surface area contributed by atoms with Crippen LogP contribution in [0, 0.1) is 5.92 Å². The van der Waals surface area contributed by atoms with Crippen LogP contribution in [0.1, 0.15) is 25.3 Å². The van der Waals surface area contributed by atoms with Crippen molar-refractivity contribution < 1.29 is 18.0 Å². The molecule has 1 fully saturated rings. The minimum absolute atomic E-state index is 0.102. The number of aromatic nitrogens is 2. The van der Waals surface area contributed by atoms with E-state index in [4.69, 9.17) is 11.6 Å². The third-order valence-electron chi connectivity index (χ3n) is 5.81. The normalized spacial score (nSPS) is 15.1. The molecular weight excluding hydrogens is 457 g/mol. The molecule has 1 N–H and O–H groups in total. The molecule has 0 saturated carbocycles. The van der Waals surface area contributed by atoms with E-state index in [1.807, 2.05) is 12.1 Å². The van der Waals surface area contributed by atoms with Gasteiger partial charge in [-0.2, -0.15) is 18.2 Å². The molecule has 0 aliphatic carbocycles. The van der Waals surface area contributed by atoms with Gasteiger partial charge in [-0.15, -0.1) is 0 Å². The van der Waals surface area contributed by atoms with Crippen LogP contribution in [0.4, 0.5) is 24.7 Å². The number of hydrogen-bond donors (Lipinski definition) is 1. The molecule has 33 heavy (non-hydrogen) atoms. The SMILES string of the molecule is CC1CCN(c2nc(=O)n(CC(=O)Nc3ccc(Cl)cc3C(F)(F)F)c3ccccc23)CC1. The van der Waals surface area contributed by atoms with Crippen molar-refractivity contribution in [2.24, 2.45) is 5.92 Å². The number of rotatable bonds is 4. The predicted octanol–water partition coefficient (Wildman–Crippen LogP) is 4.94. The first-order chi connectivity index (χ1) is 15.6. The van der Waals surface area contributed by atoms with E-state index in [0.717, 1.165) is 38.1 Å². The molecule has 0 bridgehead atoms. The zero-order valence-corrected chi connectivity index (χ0v) is 18.6. The van der Waals surface area contributed by atoms with Crippen LogP contribution in [0.15, 0.2) is 47.3 Å². The fraction of sp³-hybridized carbons (Fsp3) is 0.348. The van der Waals surface area contributed by atoms with E-state index in [2.05, 4.69) is 22.1 Å². The number of carbonyl (C=O) groups is 1. The summed E-state index contributed by atoms with van der Waals surface area (Å²) in [5, 5.41) is 2.86. The Morgan fingerprint density at radius 1 is 1.18 bits per heavy atom. The Labute approximate surface area is 193 Å². The van der Waals surface area contributed by atoms with E-state index >= 15 is 0 Å². The smallest absolute Gasteiger partial charge is 0.356 e. The average Bonchev–Trinajstić information content (AvgIpc) is 2.76. The predicted molar refractivity (Wildman–Crippen MR) is 122 cm³/mol. The van der Waals surface area contributed by atoms with Gasteiger partial charge in [0.15, 0.2) is 0 Å². The van der Waals surface area contributed by atoms with Gasteiger partial charge >= 0.3 is 11.9 Å². The monoisotopic (exact) mass is 478 g/mol. The molecular formula is C23H22ClF3N4O2. The van der Waals surface area contributed by atoms with E-state index in [1.165, 1.54) is 10.6 Å². The van der Waals surface area contributed by atoms with E-state index < -0.39 is 35.6 Å². The lowest BCUT2D eigenvalue weighted by molar-refractivity contribution is -0.137. The summed E-state index contributed by atoms with van der Waals surface area (Å²) in [4.78, 5) is 31.8. The van der Waals surface area contributed by atoms with Crippen LogP contribution >= 0.6 is 11.6 Å². The van der Waals surface area contributed by atoms with E-state index in [0.29, 0.717) is 22.6 Å². The van der Waals surface area contributed by atoms with Gasteiger partial charge in [0, 0.05) is 23.5 Å². The second-order valence-electron chi connectivity index (χ2n) is 8.23. The highest BCUT2D eigenvalue weighted by molar-refractivity contribution is 6.30. The van der Waals surface area contributed by atoms with Gasteiger partial charge in [-0.3, -0.25) is 9.36 Å². The molecule has 4 rings (SSSR count). The lowest BCUT2D eigenvalue weighted by atomic mass is 9.99. The molecule has 1 amide bonds. The van der Waals surface area contributed by atoms with Crippen LogP contribution in [0.25, 0.3) is 10.9 Å². The van der Waals surface area contributed by atoms with Gasteiger partial charge in [0.25, 0.3) is 0 Å². The van der Waals surface area contributed by atoms with Crippen LogP contribution in [0.3, 0.4) is 0 Å². The summed E-state index contributed by atoms with van der Waals surface area (Å²) in [5.74, 6) is 0.388. The summed E-state index contributed by atoms with van der Waals surface area (Å²) in [6, 6.07) is 10.2. The van der Waals surface area contributed by atoms with Gasteiger partial charge in [0.05, 0.1) is 16.8 Å². The zero-order valence-electron chi connectivity index (χ0n) is 17.8. The van der Waals surface area contributed by atoms with Crippen molar-refractivity contribution in [3.63, 3.8) is 0 Å². The van der Waals surface area contributed by atoms with Crippen LogP contribution in [0.5, 0.6) is 0 Å². The Balaban J connectivity index is 1.65. The highest BCUT2D eigenvalue weighted by Gasteiger charge is 2.34. The van der Waals surface area contributed by atoms with Crippen molar-refractivity contribution >= 4 is 39.9 Å². The van der Waals surface area contributed by atoms with Crippen LogP contribution in [-0.4, -0.2) is 28.5 Å². The largest absolute Gasteiger partial charge is 0.418 e. The highest BCUT2D eigenvalue weighted by atomic mass is 35.5. The first-order valence-electron chi connectivity index (χ1n) is 10.5. The molecule has 6 nitrogen and oxygen atoms in total. The molecule has 1 aliphatic heterocycles. The Hall–Kier alpha value is -3.07. The van der Waals surface area contributed by atoms with Gasteiger partial charge in [0.2, 0.25) is 5.91 Å². The Morgan fingerprint density at radius 2 is 1.88 bits per heavy atom. The molecule has 1 saturated heterocycles. The van der Waals surface area contributed by atoms with Crippen molar-refractivity contribution in [1.82, 2.24) is 9.55 Å². The number of hydrogen-bond acceptors (Lipinski definition) is 4. The molecule has 0 atom stereocenters. The number of piperidine rings is 1. The number of benzene rings is 2. The van der Waals surface area contributed by atoms with Gasteiger partial charge in [-0.05, 0) is 49.1 Å². The van der Waals surface area contributed by atoms with Crippen molar-refractivity contribution in [3.05, 3.63) is 63.5 Å². The summed E-state index contributed by atoms with van der Waals surface area (Å²) in [6.07, 6.45) is -2.72. The number of anilines is 2. The number of alkyl halides is 3. The third kappa shape index (κ3) is 4.98. The Bertz CT molecular complexity index is 1250. The number of fused-ring (bicyclic) bond motifs is 1. The fourth-order valence-electron chi connectivity index (χ4n) is 4.02. The second-order valence-corrected chi connectivity index (χ2v) is 8.66. The molecule has 0 unspecified atom stereocenters. The molecule has 10 heteroatoms. The number of nitrogens with zero attached hydrogens (tertiary/aromatic N) is 3. The first-order valence-corrected chi connectivity index (χ1v) is 10.9. The number of para-hydroxylation sites is 1. The van der Waals surface area contributed by atoms with Gasteiger partial charge in [0.1, 0.15) is 12.4 Å². The average molecular weight is 479 g/mol. The summed E-state index contributed by atoms with van der Waals surface area (Å²) in [6.45, 7) is 3.26. The summed E-state index contributed by atoms with van der Waals surface area (Å²) in [7, 11) is 0. The molecule has 1 aromatic heterocycles. The minimum atomic E-state index is -4.70. The Morgan fingerprint density at radius 3 is 2.58 bits per heavy atom. The van der Waals surface area contributed by atoms with Crippen LogP contribution < -0.4 is 15.9 Å². The molecule has 2 aromatic carbocycles. The molecule has 174 valence electrons. The van der Waals surface area contributed by atoms with Crippen LogP contribution in [0.2, 0.25) is 5.02 Å². The van der Waals surface area contributed by atoms with Gasteiger partial charge < -0.3 is 10.2 Å². The molecule has 3 aromatic rings. The first kappa shape index (κ1) is 23.1. The molecule has 2 heterocycles. The fourth-order valence-corrected chi connectivity index (χ4v) is 4.19. The summed E-state index contributed by atoms with van der Waals surface area (Å²) >= 11 is 5.69. The topological polar surface area (TPSA) is 67.2 Å². The number of nitrogens with one attached hydrogen (secondary N) is 1. The lowest BCUT2D eigenvalue weighted by Gasteiger charge is -2.32. The van der Waals surface area contributed by atoms with E-state index in [9.17, 15) is 22.8 Å². The maximum absolute atomic E-state index is 13.3. The quantitative estimate of drug-likeness (QED) is 0.576. The van der Waals surface area contributed by atoms with Crippen LogP contribution in [-0.2, 0) is 17.5 Å². The van der Waals surface area contributed by atoms with E-state index in [1.54, 1.807) is 12.1 Å². The number of carbonyl (C=O) groups excluding carboxylic acids is 1. The minimum Gasteiger partial charge on any atom is -0.356 e. The highest BCUT2D eigenvalue weighted by Crippen LogP contribution is 2.36. The maximum atomic E-state index is 13.3. The van der Waals surface area contributed by atoms with Gasteiger partial charge in [-0.1, -0.05) is 30.7 Å². The molecule has 0 spiro atoms. The number of amides is 1. The maximum Gasteiger partial charge on any atom is 0.418 e. The summed E-state index contributed by atoms with van der Waals surface area (Å²) in [5.41, 5.74) is -1.63. The third-order valence-corrected chi connectivity index (χ3v) is 6.05. The van der Waals surface area contributed by atoms with E-state index in [-0.39, 0.29) is 5.02 Å². The standard InChI is InChI=1S/C23H22ClF3N4O2/c1-14-8-10-30(11-9-14)21-16-4-2-3-5-19(16)31(22(33)29-21)13-20(32)28-18-7-6-15(24)12-17(18)23(25,26)27/h2-7,12,14H,8-11,13H2,1H3,(H,28,32). The summed E-state index contributed by atoms with van der Waals surface area (Å²) < 4.78 is 41.2. The number of halogens is 4. The zero-order chi connectivity index (χ0) is 23.8. The van der Waals surface area contributed by atoms with Crippen molar-refractivity contribution in [2.75, 3.05) is 23.3 Å². The van der Waals surface area contributed by atoms with Crippen molar-refractivity contribution in [1.29, 1.82) is 0 Å². The molecule has 0 radical (unpaired) electrons.